The third-order valence-electron chi connectivity index (χ3n) is 2.80. The molecule has 112 valence electrons. The van der Waals surface area contributed by atoms with Crippen molar-refractivity contribution in [3.63, 3.8) is 0 Å². The van der Waals surface area contributed by atoms with Crippen molar-refractivity contribution in [1.29, 1.82) is 0 Å². The Morgan fingerprint density at radius 1 is 1.45 bits per heavy atom. The number of halogens is 2. The van der Waals surface area contributed by atoms with Crippen LogP contribution in [0.5, 0.6) is 5.75 Å². The number of carbonyl (C=O) groups is 1. The Balaban J connectivity index is 2.68. The normalized spacial score (nSPS) is 13.1. The highest BCUT2D eigenvalue weighted by molar-refractivity contribution is 9.10. The van der Waals surface area contributed by atoms with Gasteiger partial charge in [-0.2, -0.15) is 0 Å². The Labute approximate surface area is 127 Å². The molecule has 0 aliphatic carbocycles. The van der Waals surface area contributed by atoms with Gasteiger partial charge in [0.25, 0.3) is 0 Å². The molecule has 20 heavy (non-hydrogen) atoms. The van der Waals surface area contributed by atoms with Crippen LogP contribution >= 0.6 is 15.9 Å². The van der Waals surface area contributed by atoms with Crippen LogP contribution in [0, 0.1) is 17.2 Å². The first-order valence-corrected chi connectivity index (χ1v) is 7.35. The van der Waals surface area contributed by atoms with E-state index in [-0.39, 0.29) is 22.9 Å². The van der Waals surface area contributed by atoms with Crippen LogP contribution in [0.15, 0.2) is 16.6 Å². The van der Waals surface area contributed by atoms with Crippen LogP contribution in [0.1, 0.15) is 40.5 Å². The number of nitrogens with one attached hydrogen (secondary N) is 1. The van der Waals surface area contributed by atoms with E-state index in [4.69, 9.17) is 0 Å². The van der Waals surface area contributed by atoms with Gasteiger partial charge >= 0.3 is 0 Å². The highest BCUT2D eigenvalue weighted by Crippen LogP contribution is 2.31. The standard InChI is InChI=1S/C15H21BrFNO2/c1-9(8-15(2,3)4)5-13(19)18-12-7-10(16)6-11(17)14(12)20/h6-7,9,20H,5,8H2,1-4H3,(H,18,19). The van der Waals surface area contributed by atoms with Gasteiger partial charge < -0.3 is 10.4 Å². The first kappa shape index (κ1) is 17.0. The number of aromatic hydroxyl groups is 1. The topological polar surface area (TPSA) is 49.3 Å². The lowest BCUT2D eigenvalue weighted by atomic mass is 9.84. The summed E-state index contributed by atoms with van der Waals surface area (Å²) < 4.78 is 13.8. The summed E-state index contributed by atoms with van der Waals surface area (Å²) in [4.78, 5) is 11.9. The molecule has 5 heteroatoms. The molecule has 0 saturated heterocycles. The third kappa shape index (κ3) is 5.49. The van der Waals surface area contributed by atoms with Crippen molar-refractivity contribution in [2.75, 3.05) is 5.32 Å². The quantitative estimate of drug-likeness (QED) is 0.777. The molecule has 0 fully saturated rings. The fourth-order valence-corrected chi connectivity index (χ4v) is 2.73. The summed E-state index contributed by atoms with van der Waals surface area (Å²) in [5.41, 5.74) is 0.244. The minimum absolute atomic E-state index is 0.0878. The molecule has 1 aromatic carbocycles. The zero-order chi connectivity index (χ0) is 15.5. The predicted molar refractivity (Wildman–Crippen MR) is 82.2 cm³/mol. The van der Waals surface area contributed by atoms with Gasteiger partial charge in [0, 0.05) is 10.9 Å². The largest absolute Gasteiger partial charge is 0.503 e. The third-order valence-corrected chi connectivity index (χ3v) is 3.25. The van der Waals surface area contributed by atoms with Gasteiger partial charge in [-0.25, -0.2) is 4.39 Å². The van der Waals surface area contributed by atoms with Gasteiger partial charge in [-0.3, -0.25) is 4.79 Å². The summed E-state index contributed by atoms with van der Waals surface area (Å²) in [6, 6.07) is 2.62. The lowest BCUT2D eigenvalue weighted by Crippen LogP contribution is -2.19. The molecule has 0 aliphatic rings. The Bertz CT molecular complexity index is 497. The number of phenols is 1. The van der Waals surface area contributed by atoms with Crippen LogP contribution in [0.2, 0.25) is 0 Å². The van der Waals surface area contributed by atoms with E-state index >= 15 is 0 Å². The number of anilines is 1. The van der Waals surface area contributed by atoms with Crippen LogP contribution < -0.4 is 5.32 Å². The highest BCUT2D eigenvalue weighted by atomic mass is 79.9. The lowest BCUT2D eigenvalue weighted by molar-refractivity contribution is -0.117. The predicted octanol–water partition coefficient (Wildman–Crippen LogP) is 4.69. The van der Waals surface area contributed by atoms with E-state index in [9.17, 15) is 14.3 Å². The maximum absolute atomic E-state index is 13.3. The molecule has 1 atom stereocenters. The second-order valence-corrected chi connectivity index (χ2v) is 7.32. The minimum atomic E-state index is -0.766. The average Bonchev–Trinajstić information content (AvgIpc) is 2.21. The molecule has 0 aliphatic heterocycles. The summed E-state index contributed by atoms with van der Waals surface area (Å²) >= 11 is 3.13. The van der Waals surface area contributed by atoms with Crippen LogP contribution in [0.3, 0.4) is 0 Å². The molecular weight excluding hydrogens is 325 g/mol. The highest BCUT2D eigenvalue weighted by Gasteiger charge is 2.19. The summed E-state index contributed by atoms with van der Waals surface area (Å²) in [5.74, 6) is -1.31. The Hall–Kier alpha value is -1.10. The molecule has 0 aromatic heterocycles. The van der Waals surface area contributed by atoms with Crippen molar-refractivity contribution < 1.29 is 14.3 Å². The smallest absolute Gasteiger partial charge is 0.224 e. The lowest BCUT2D eigenvalue weighted by Gasteiger charge is -2.22. The summed E-state index contributed by atoms with van der Waals surface area (Å²) in [6.45, 7) is 8.37. The van der Waals surface area contributed by atoms with E-state index < -0.39 is 11.6 Å². The van der Waals surface area contributed by atoms with Crippen molar-refractivity contribution in [3.8, 4) is 5.75 Å². The van der Waals surface area contributed by atoms with E-state index in [1.54, 1.807) is 0 Å². The summed E-state index contributed by atoms with van der Waals surface area (Å²) in [5, 5.41) is 12.1. The molecule has 0 spiro atoms. The molecule has 2 N–H and O–H groups in total. The number of rotatable bonds is 4. The van der Waals surface area contributed by atoms with Gasteiger partial charge in [-0.15, -0.1) is 0 Å². The SMILES string of the molecule is CC(CC(=O)Nc1cc(Br)cc(F)c1O)CC(C)(C)C. The molecule has 3 nitrogen and oxygen atoms in total. The van der Waals surface area contributed by atoms with Crippen LogP contribution in [0.4, 0.5) is 10.1 Å². The van der Waals surface area contributed by atoms with Gasteiger partial charge in [0.1, 0.15) is 0 Å². The monoisotopic (exact) mass is 345 g/mol. The van der Waals surface area contributed by atoms with Crippen molar-refractivity contribution >= 4 is 27.5 Å². The van der Waals surface area contributed by atoms with Gasteiger partial charge in [0.05, 0.1) is 5.69 Å². The Morgan fingerprint density at radius 3 is 2.60 bits per heavy atom. The molecule has 0 heterocycles. The molecule has 0 saturated carbocycles. The first-order valence-electron chi connectivity index (χ1n) is 6.56. The Morgan fingerprint density at radius 2 is 2.05 bits per heavy atom. The molecular formula is C15H21BrFNO2. The minimum Gasteiger partial charge on any atom is -0.503 e. The van der Waals surface area contributed by atoms with Gasteiger partial charge in [0.15, 0.2) is 11.6 Å². The van der Waals surface area contributed by atoms with E-state index in [1.165, 1.54) is 6.07 Å². The van der Waals surface area contributed by atoms with Crippen molar-refractivity contribution in [2.24, 2.45) is 11.3 Å². The molecule has 0 bridgehead atoms. The van der Waals surface area contributed by atoms with Gasteiger partial charge in [-0.1, -0.05) is 43.6 Å². The van der Waals surface area contributed by atoms with E-state index in [0.717, 1.165) is 12.5 Å². The number of hydrogen-bond acceptors (Lipinski definition) is 2. The number of benzene rings is 1. The zero-order valence-electron chi connectivity index (χ0n) is 12.3. The number of amides is 1. The molecule has 1 aromatic rings. The van der Waals surface area contributed by atoms with Gasteiger partial charge in [0.2, 0.25) is 5.91 Å². The first-order chi connectivity index (χ1) is 9.08. The molecule has 1 amide bonds. The fraction of sp³-hybridized carbons (Fsp3) is 0.533. The molecule has 0 radical (unpaired) electrons. The van der Waals surface area contributed by atoms with E-state index in [1.807, 2.05) is 6.92 Å². The second-order valence-electron chi connectivity index (χ2n) is 6.41. The molecule has 1 rings (SSSR count). The number of carbonyl (C=O) groups excluding carboxylic acids is 1. The van der Waals surface area contributed by atoms with Crippen LogP contribution in [0.25, 0.3) is 0 Å². The maximum Gasteiger partial charge on any atom is 0.224 e. The number of hydrogen-bond donors (Lipinski definition) is 2. The fourth-order valence-electron chi connectivity index (χ4n) is 2.30. The van der Waals surface area contributed by atoms with E-state index in [2.05, 4.69) is 42.0 Å². The molecule has 1 unspecified atom stereocenters. The average molecular weight is 346 g/mol. The zero-order valence-corrected chi connectivity index (χ0v) is 13.8. The summed E-state index contributed by atoms with van der Waals surface area (Å²) in [7, 11) is 0. The van der Waals surface area contributed by atoms with E-state index in [0.29, 0.717) is 10.9 Å². The van der Waals surface area contributed by atoms with Crippen molar-refractivity contribution in [2.45, 2.75) is 40.5 Å². The maximum atomic E-state index is 13.3. The van der Waals surface area contributed by atoms with Crippen molar-refractivity contribution in [3.05, 3.63) is 22.4 Å². The van der Waals surface area contributed by atoms with Crippen molar-refractivity contribution in [1.82, 2.24) is 0 Å². The van der Waals surface area contributed by atoms with Crippen LogP contribution in [-0.2, 0) is 4.79 Å². The van der Waals surface area contributed by atoms with Gasteiger partial charge in [-0.05, 0) is 29.9 Å². The second kappa shape index (κ2) is 6.57. The Kier molecular flexibility index (Phi) is 5.57. The summed E-state index contributed by atoms with van der Waals surface area (Å²) in [6.07, 6.45) is 1.25. The number of phenolic OH excluding ortho intramolecular Hbond substituents is 1. The van der Waals surface area contributed by atoms with Crippen LogP contribution in [-0.4, -0.2) is 11.0 Å².